The molecule has 0 unspecified atom stereocenters. The predicted octanol–water partition coefficient (Wildman–Crippen LogP) is 1.98. The first-order chi connectivity index (χ1) is 10.6. The van der Waals surface area contributed by atoms with Crippen molar-refractivity contribution >= 4 is 5.91 Å². The number of benzene rings is 1. The Bertz CT molecular complexity index is 482. The molecule has 4 nitrogen and oxygen atoms in total. The first-order valence-corrected chi connectivity index (χ1v) is 8.11. The molecular formula is C18H28N2O2. The van der Waals surface area contributed by atoms with Gasteiger partial charge in [-0.05, 0) is 51.8 Å². The lowest BCUT2D eigenvalue weighted by molar-refractivity contribution is -0.136. The summed E-state index contributed by atoms with van der Waals surface area (Å²) in [5, 5.41) is 6.43. The molecule has 1 aliphatic rings. The maximum absolute atomic E-state index is 12.6. The molecule has 4 heteroatoms. The van der Waals surface area contributed by atoms with E-state index in [1.165, 1.54) is 16.7 Å². The van der Waals surface area contributed by atoms with Crippen LogP contribution in [-0.4, -0.2) is 39.3 Å². The summed E-state index contributed by atoms with van der Waals surface area (Å²) in [5.41, 5.74) is 3.47. The third-order valence-corrected chi connectivity index (χ3v) is 4.44. The van der Waals surface area contributed by atoms with Crippen LogP contribution in [0.1, 0.15) is 29.5 Å². The topological polar surface area (TPSA) is 50.4 Å². The van der Waals surface area contributed by atoms with E-state index in [0.29, 0.717) is 13.2 Å². The molecule has 0 saturated carbocycles. The Balaban J connectivity index is 1.90. The van der Waals surface area contributed by atoms with Crippen molar-refractivity contribution in [2.45, 2.75) is 33.1 Å². The maximum Gasteiger partial charge on any atom is 0.228 e. The molecule has 1 amide bonds. The summed E-state index contributed by atoms with van der Waals surface area (Å²) >= 11 is 0. The number of carbonyl (C=O) groups excluding carboxylic acids is 1. The molecule has 0 bridgehead atoms. The lowest BCUT2D eigenvalue weighted by Gasteiger charge is -2.35. The minimum Gasteiger partial charge on any atom is -0.384 e. The van der Waals surface area contributed by atoms with Crippen LogP contribution in [0.3, 0.4) is 0 Å². The molecule has 2 rings (SSSR count). The molecular weight excluding hydrogens is 276 g/mol. The van der Waals surface area contributed by atoms with Gasteiger partial charge in [0.2, 0.25) is 5.91 Å². The van der Waals surface area contributed by atoms with Crippen molar-refractivity contribution in [3.8, 4) is 0 Å². The van der Waals surface area contributed by atoms with E-state index < -0.39 is 0 Å². The number of rotatable bonds is 6. The van der Waals surface area contributed by atoms with Gasteiger partial charge in [-0.2, -0.15) is 0 Å². The van der Waals surface area contributed by atoms with Gasteiger partial charge in [0.25, 0.3) is 0 Å². The van der Waals surface area contributed by atoms with Gasteiger partial charge >= 0.3 is 0 Å². The number of piperidine rings is 1. The Morgan fingerprint density at radius 2 is 1.86 bits per heavy atom. The van der Waals surface area contributed by atoms with E-state index in [2.05, 4.69) is 42.7 Å². The second-order valence-electron chi connectivity index (χ2n) is 6.47. The van der Waals surface area contributed by atoms with Crippen LogP contribution in [0.2, 0.25) is 0 Å². The largest absolute Gasteiger partial charge is 0.384 e. The summed E-state index contributed by atoms with van der Waals surface area (Å²) in [6, 6.07) is 6.55. The van der Waals surface area contributed by atoms with Gasteiger partial charge in [0.1, 0.15) is 0 Å². The maximum atomic E-state index is 12.6. The molecule has 1 aliphatic heterocycles. The zero-order chi connectivity index (χ0) is 16.0. The van der Waals surface area contributed by atoms with Crippen LogP contribution in [0.4, 0.5) is 0 Å². The molecule has 1 fully saturated rings. The quantitative estimate of drug-likeness (QED) is 0.845. The molecule has 1 heterocycles. The fourth-order valence-corrected chi connectivity index (χ4v) is 3.34. The monoisotopic (exact) mass is 304 g/mol. The lowest BCUT2D eigenvalue weighted by Crippen LogP contribution is -2.50. The summed E-state index contributed by atoms with van der Waals surface area (Å²) in [7, 11) is 1.67. The Hall–Kier alpha value is -1.39. The molecule has 122 valence electrons. The van der Waals surface area contributed by atoms with Gasteiger partial charge < -0.3 is 15.4 Å². The van der Waals surface area contributed by atoms with Crippen molar-refractivity contribution in [3.05, 3.63) is 34.9 Å². The van der Waals surface area contributed by atoms with E-state index in [1.807, 2.05) is 0 Å². The number of methoxy groups -OCH3 is 1. The molecule has 0 spiro atoms. The summed E-state index contributed by atoms with van der Waals surface area (Å²) < 4.78 is 5.31. The number of carbonyl (C=O) groups is 1. The van der Waals surface area contributed by atoms with Crippen LogP contribution in [0.25, 0.3) is 0 Å². The van der Waals surface area contributed by atoms with Crippen molar-refractivity contribution in [1.29, 1.82) is 0 Å². The number of hydrogen-bond acceptors (Lipinski definition) is 3. The fourth-order valence-electron chi connectivity index (χ4n) is 3.34. The summed E-state index contributed by atoms with van der Waals surface area (Å²) in [5.74, 6) is 0.139. The van der Waals surface area contributed by atoms with Crippen LogP contribution in [0, 0.1) is 19.3 Å². The van der Waals surface area contributed by atoms with Crippen molar-refractivity contribution in [2.24, 2.45) is 5.41 Å². The van der Waals surface area contributed by atoms with Crippen LogP contribution in [0.5, 0.6) is 0 Å². The van der Waals surface area contributed by atoms with E-state index in [-0.39, 0.29) is 11.3 Å². The van der Waals surface area contributed by atoms with Crippen LogP contribution >= 0.6 is 0 Å². The van der Waals surface area contributed by atoms with Crippen molar-refractivity contribution in [1.82, 2.24) is 10.6 Å². The Labute approximate surface area is 133 Å². The number of ether oxygens (including phenoxy) is 1. The third-order valence-electron chi connectivity index (χ3n) is 4.44. The van der Waals surface area contributed by atoms with Crippen LogP contribution in [-0.2, 0) is 16.0 Å². The van der Waals surface area contributed by atoms with E-state index in [1.54, 1.807) is 7.11 Å². The predicted molar refractivity (Wildman–Crippen MR) is 89.0 cm³/mol. The first kappa shape index (κ1) is 17.0. The molecule has 2 N–H and O–H groups in total. The van der Waals surface area contributed by atoms with Gasteiger partial charge in [-0.25, -0.2) is 0 Å². The number of aryl methyl sites for hydroxylation is 2. The zero-order valence-corrected chi connectivity index (χ0v) is 14.0. The van der Waals surface area contributed by atoms with Gasteiger partial charge in [0, 0.05) is 13.7 Å². The van der Waals surface area contributed by atoms with Crippen LogP contribution in [0.15, 0.2) is 18.2 Å². The normalized spacial score (nSPS) is 17.2. The van der Waals surface area contributed by atoms with Gasteiger partial charge in [-0.15, -0.1) is 0 Å². The second-order valence-corrected chi connectivity index (χ2v) is 6.47. The highest BCUT2D eigenvalue weighted by atomic mass is 16.5. The Kier molecular flexibility index (Phi) is 5.98. The second kappa shape index (κ2) is 7.75. The number of hydrogen-bond donors (Lipinski definition) is 2. The minimum absolute atomic E-state index is 0.139. The highest BCUT2D eigenvalue weighted by Gasteiger charge is 2.39. The molecule has 22 heavy (non-hydrogen) atoms. The third kappa shape index (κ3) is 4.31. The Morgan fingerprint density at radius 3 is 2.45 bits per heavy atom. The zero-order valence-electron chi connectivity index (χ0n) is 14.0. The van der Waals surface area contributed by atoms with Gasteiger partial charge in [-0.1, -0.05) is 29.3 Å². The van der Waals surface area contributed by atoms with Gasteiger partial charge in [0.15, 0.2) is 0 Å². The summed E-state index contributed by atoms with van der Waals surface area (Å²) in [4.78, 5) is 12.6. The van der Waals surface area contributed by atoms with E-state index in [9.17, 15) is 4.79 Å². The fraction of sp³-hybridized carbons (Fsp3) is 0.611. The van der Waals surface area contributed by atoms with E-state index >= 15 is 0 Å². The SMILES string of the molecule is COCC1(C(=O)NCCc2cc(C)cc(C)c2)CCNCC1. The average Bonchev–Trinajstić information content (AvgIpc) is 2.47. The molecule has 1 saturated heterocycles. The molecule has 0 atom stereocenters. The molecule has 0 aliphatic carbocycles. The number of nitrogens with one attached hydrogen (secondary N) is 2. The van der Waals surface area contributed by atoms with Gasteiger partial charge in [0.05, 0.1) is 12.0 Å². The van der Waals surface area contributed by atoms with Gasteiger partial charge in [-0.3, -0.25) is 4.79 Å². The van der Waals surface area contributed by atoms with Crippen LogP contribution < -0.4 is 10.6 Å². The standard InChI is InChI=1S/C18H28N2O2/c1-14-10-15(2)12-16(11-14)4-7-20-17(21)18(13-22-3)5-8-19-9-6-18/h10-12,19H,4-9,13H2,1-3H3,(H,20,21). The van der Waals surface area contributed by atoms with Crippen molar-refractivity contribution in [3.63, 3.8) is 0 Å². The highest BCUT2D eigenvalue weighted by molar-refractivity contribution is 5.83. The molecule has 0 radical (unpaired) electrons. The Morgan fingerprint density at radius 1 is 1.23 bits per heavy atom. The molecule has 1 aromatic rings. The van der Waals surface area contributed by atoms with E-state index in [0.717, 1.165) is 32.4 Å². The van der Waals surface area contributed by atoms with Crippen molar-refractivity contribution < 1.29 is 9.53 Å². The minimum atomic E-state index is -0.359. The average molecular weight is 304 g/mol. The highest BCUT2D eigenvalue weighted by Crippen LogP contribution is 2.29. The first-order valence-electron chi connectivity index (χ1n) is 8.11. The number of amides is 1. The molecule has 0 aromatic heterocycles. The van der Waals surface area contributed by atoms with Crippen molar-refractivity contribution in [2.75, 3.05) is 33.4 Å². The molecule has 1 aromatic carbocycles. The summed E-state index contributed by atoms with van der Waals surface area (Å²) in [6.45, 7) is 7.17. The lowest BCUT2D eigenvalue weighted by atomic mass is 9.78. The van der Waals surface area contributed by atoms with E-state index in [4.69, 9.17) is 4.74 Å². The summed E-state index contributed by atoms with van der Waals surface area (Å²) in [6.07, 6.45) is 2.56. The smallest absolute Gasteiger partial charge is 0.228 e.